The van der Waals surface area contributed by atoms with Crippen LogP contribution in [0.1, 0.15) is 12.8 Å². The van der Waals surface area contributed by atoms with Crippen LogP contribution in [0.4, 0.5) is 5.82 Å². The first-order valence-electron chi connectivity index (χ1n) is 9.33. The Labute approximate surface area is 170 Å². The molecule has 0 unspecified atom stereocenters. The van der Waals surface area contributed by atoms with E-state index in [0.29, 0.717) is 17.9 Å². The number of anilines is 1. The molecule has 8 heteroatoms. The van der Waals surface area contributed by atoms with Crippen molar-refractivity contribution < 1.29 is 9.21 Å². The van der Waals surface area contributed by atoms with Gasteiger partial charge < -0.3 is 14.6 Å². The summed E-state index contributed by atoms with van der Waals surface area (Å²) < 4.78 is 7.83. The number of pyridine rings is 1. The van der Waals surface area contributed by atoms with Gasteiger partial charge in [-0.05, 0) is 66.1 Å². The number of hydrogen-bond donors (Lipinski definition) is 1. The molecule has 0 atom stereocenters. The summed E-state index contributed by atoms with van der Waals surface area (Å²) in [6.45, 7) is 2.99. The zero-order valence-electron chi connectivity index (χ0n) is 15.3. The highest BCUT2D eigenvalue weighted by Crippen LogP contribution is 2.20. The highest BCUT2D eigenvalue weighted by Gasteiger charge is 2.25. The van der Waals surface area contributed by atoms with Gasteiger partial charge in [0.25, 0.3) is 0 Å². The molecular weight excluding hydrogens is 424 g/mol. The molecule has 1 aliphatic heterocycles. The molecule has 0 saturated carbocycles. The number of carbonyl (C=O) groups is 1. The number of fused-ring (bicyclic) bond motifs is 1. The summed E-state index contributed by atoms with van der Waals surface area (Å²) in [7, 11) is 0. The molecule has 0 radical (unpaired) electrons. The molecule has 1 aromatic carbocycles. The number of nitrogens with zero attached hydrogens (tertiary/aromatic N) is 3. The predicted octanol–water partition coefficient (Wildman–Crippen LogP) is 3.10. The van der Waals surface area contributed by atoms with Crippen LogP contribution in [-0.2, 0) is 11.3 Å². The van der Waals surface area contributed by atoms with E-state index >= 15 is 0 Å². The van der Waals surface area contributed by atoms with Crippen molar-refractivity contribution in [3.63, 3.8) is 0 Å². The lowest BCUT2D eigenvalue weighted by atomic mass is 9.96. The van der Waals surface area contributed by atoms with Gasteiger partial charge in [0.05, 0.1) is 5.52 Å². The van der Waals surface area contributed by atoms with E-state index in [-0.39, 0.29) is 17.6 Å². The van der Waals surface area contributed by atoms with E-state index < -0.39 is 0 Å². The Morgan fingerprint density at radius 2 is 1.96 bits per heavy atom. The normalized spacial score (nSPS) is 15.8. The molecule has 4 rings (SSSR count). The highest BCUT2D eigenvalue weighted by molar-refractivity contribution is 9.10. The second-order valence-electron chi connectivity index (χ2n) is 6.95. The maximum atomic E-state index is 12.5. The van der Waals surface area contributed by atoms with Crippen molar-refractivity contribution in [2.75, 3.05) is 25.0 Å². The molecule has 1 aliphatic rings. The zero-order valence-corrected chi connectivity index (χ0v) is 16.9. The van der Waals surface area contributed by atoms with Gasteiger partial charge in [0.1, 0.15) is 5.82 Å². The molecule has 0 spiro atoms. The van der Waals surface area contributed by atoms with Crippen molar-refractivity contribution in [1.82, 2.24) is 14.5 Å². The summed E-state index contributed by atoms with van der Waals surface area (Å²) >= 11 is 3.33. The number of benzene rings is 1. The maximum Gasteiger partial charge on any atom is 0.419 e. The van der Waals surface area contributed by atoms with E-state index in [9.17, 15) is 9.59 Å². The molecule has 3 aromatic rings. The van der Waals surface area contributed by atoms with Gasteiger partial charge in [0.2, 0.25) is 5.91 Å². The molecule has 146 valence electrons. The van der Waals surface area contributed by atoms with Crippen LogP contribution in [-0.4, -0.2) is 40.0 Å². The van der Waals surface area contributed by atoms with Crippen LogP contribution in [0, 0.1) is 5.92 Å². The van der Waals surface area contributed by atoms with Gasteiger partial charge in [0.15, 0.2) is 5.58 Å². The lowest BCUT2D eigenvalue weighted by molar-refractivity contribution is -0.121. The first kappa shape index (κ1) is 18.9. The summed E-state index contributed by atoms with van der Waals surface area (Å²) in [5.41, 5.74) is 1.44. The molecular formula is C20H21BrN4O3. The molecule has 1 saturated heterocycles. The molecule has 1 amide bonds. The standard InChI is InChI=1S/C20H21BrN4O3/c21-15-5-6-18(22-13-15)23-19(26)14-7-9-24(10-8-14)11-12-25-16-3-1-2-4-17(16)28-20(25)27/h1-6,13-14H,7-12H2,(H,22,23,26). The smallest absolute Gasteiger partial charge is 0.408 e. The Bertz CT molecular complexity index is 1020. The van der Waals surface area contributed by atoms with E-state index in [1.165, 1.54) is 0 Å². The average Bonchev–Trinajstić information content (AvgIpc) is 3.03. The quantitative estimate of drug-likeness (QED) is 0.653. The predicted molar refractivity (Wildman–Crippen MR) is 110 cm³/mol. The number of piperidine rings is 1. The van der Waals surface area contributed by atoms with Crippen molar-refractivity contribution in [3.05, 3.63) is 57.6 Å². The summed E-state index contributed by atoms with van der Waals surface area (Å²) in [5.74, 6) is 0.255. The van der Waals surface area contributed by atoms with Crippen LogP contribution >= 0.6 is 15.9 Å². The van der Waals surface area contributed by atoms with Crippen LogP contribution in [0.25, 0.3) is 11.1 Å². The van der Waals surface area contributed by atoms with E-state index in [1.807, 2.05) is 24.3 Å². The van der Waals surface area contributed by atoms with Crippen molar-refractivity contribution >= 4 is 38.8 Å². The number of oxazole rings is 1. The monoisotopic (exact) mass is 444 g/mol. The Morgan fingerprint density at radius 3 is 2.71 bits per heavy atom. The number of hydrogen-bond acceptors (Lipinski definition) is 5. The summed E-state index contributed by atoms with van der Waals surface area (Å²) in [6, 6.07) is 11.1. The number of nitrogens with one attached hydrogen (secondary N) is 1. The van der Waals surface area contributed by atoms with Crippen molar-refractivity contribution in [3.8, 4) is 0 Å². The number of halogens is 1. The Balaban J connectivity index is 1.29. The summed E-state index contributed by atoms with van der Waals surface area (Å²) in [4.78, 5) is 31.0. The minimum Gasteiger partial charge on any atom is -0.408 e. The van der Waals surface area contributed by atoms with Gasteiger partial charge in [-0.25, -0.2) is 9.78 Å². The van der Waals surface area contributed by atoms with Crippen molar-refractivity contribution in [1.29, 1.82) is 0 Å². The number of aromatic nitrogens is 2. The number of rotatable bonds is 5. The SMILES string of the molecule is O=C(Nc1ccc(Br)cn1)C1CCN(CCn2c(=O)oc3ccccc32)CC1. The third-order valence-electron chi connectivity index (χ3n) is 5.15. The molecule has 2 aromatic heterocycles. The van der Waals surface area contributed by atoms with E-state index in [0.717, 1.165) is 42.5 Å². The molecule has 28 heavy (non-hydrogen) atoms. The molecule has 1 N–H and O–H groups in total. The van der Waals surface area contributed by atoms with Gasteiger partial charge in [-0.3, -0.25) is 9.36 Å². The fourth-order valence-corrected chi connectivity index (χ4v) is 3.80. The van der Waals surface area contributed by atoms with Gasteiger partial charge >= 0.3 is 5.76 Å². The lowest BCUT2D eigenvalue weighted by Crippen LogP contribution is -2.40. The van der Waals surface area contributed by atoms with E-state index in [1.54, 1.807) is 22.9 Å². The minimum atomic E-state index is -0.322. The van der Waals surface area contributed by atoms with Crippen LogP contribution in [0.3, 0.4) is 0 Å². The van der Waals surface area contributed by atoms with Gasteiger partial charge in [0, 0.05) is 29.7 Å². The van der Waals surface area contributed by atoms with E-state index in [4.69, 9.17) is 4.42 Å². The number of carbonyl (C=O) groups excluding carboxylic acids is 1. The minimum absolute atomic E-state index is 0.0147. The van der Waals surface area contributed by atoms with Gasteiger partial charge in [-0.1, -0.05) is 12.1 Å². The largest absolute Gasteiger partial charge is 0.419 e. The van der Waals surface area contributed by atoms with Crippen LogP contribution in [0.15, 0.2) is 56.3 Å². The molecule has 1 fully saturated rings. The zero-order chi connectivity index (χ0) is 19.5. The first-order valence-corrected chi connectivity index (χ1v) is 10.1. The lowest BCUT2D eigenvalue weighted by Gasteiger charge is -2.31. The maximum absolute atomic E-state index is 12.5. The number of amides is 1. The Morgan fingerprint density at radius 1 is 1.18 bits per heavy atom. The number of likely N-dealkylation sites (tertiary alicyclic amines) is 1. The van der Waals surface area contributed by atoms with Gasteiger partial charge in [-0.15, -0.1) is 0 Å². The molecule has 3 heterocycles. The topological polar surface area (TPSA) is 80.4 Å². The van der Waals surface area contributed by atoms with Crippen molar-refractivity contribution in [2.45, 2.75) is 19.4 Å². The first-order chi connectivity index (χ1) is 13.6. The third kappa shape index (κ3) is 4.18. The number of para-hydroxylation sites is 2. The fraction of sp³-hybridized carbons (Fsp3) is 0.350. The Kier molecular flexibility index (Phi) is 5.59. The third-order valence-corrected chi connectivity index (χ3v) is 5.62. The van der Waals surface area contributed by atoms with Crippen LogP contribution in [0.2, 0.25) is 0 Å². The highest BCUT2D eigenvalue weighted by atomic mass is 79.9. The van der Waals surface area contributed by atoms with Crippen LogP contribution < -0.4 is 11.1 Å². The summed E-state index contributed by atoms with van der Waals surface area (Å²) in [5, 5.41) is 2.89. The molecule has 0 bridgehead atoms. The second-order valence-corrected chi connectivity index (χ2v) is 7.87. The fourth-order valence-electron chi connectivity index (χ4n) is 3.56. The summed E-state index contributed by atoms with van der Waals surface area (Å²) in [6.07, 6.45) is 3.26. The average molecular weight is 445 g/mol. The Hall–Kier alpha value is -2.45. The van der Waals surface area contributed by atoms with Crippen LogP contribution in [0.5, 0.6) is 0 Å². The second kappa shape index (κ2) is 8.28. The molecule has 0 aliphatic carbocycles. The van der Waals surface area contributed by atoms with E-state index in [2.05, 4.69) is 31.1 Å². The van der Waals surface area contributed by atoms with Crippen molar-refractivity contribution in [2.24, 2.45) is 5.92 Å². The van der Waals surface area contributed by atoms with Gasteiger partial charge in [-0.2, -0.15) is 0 Å². The molecule has 7 nitrogen and oxygen atoms in total.